The smallest absolute Gasteiger partial charge is 0.310 e. The molecule has 0 bridgehead atoms. The molecule has 1 aromatic rings. The Morgan fingerprint density at radius 3 is 2.69 bits per heavy atom. The number of hydrogen-bond acceptors (Lipinski definition) is 4. The molecule has 2 atom stereocenters. The molecule has 1 aromatic carbocycles. The number of amides is 1. The zero-order chi connectivity index (χ0) is 19.3. The second kappa shape index (κ2) is 8.56. The topological polar surface area (TPSA) is 55.8 Å². The lowest BCUT2D eigenvalue weighted by atomic mass is 9.87. The molecule has 1 aliphatic heterocycles. The van der Waals surface area contributed by atoms with E-state index < -0.39 is 6.10 Å². The van der Waals surface area contributed by atoms with Crippen LogP contribution in [-0.4, -0.2) is 42.6 Å². The van der Waals surface area contributed by atoms with Crippen molar-refractivity contribution in [2.75, 3.05) is 19.7 Å². The van der Waals surface area contributed by atoms with E-state index in [-0.39, 0.29) is 23.2 Å². The van der Waals surface area contributed by atoms with Gasteiger partial charge >= 0.3 is 5.97 Å². The van der Waals surface area contributed by atoms with E-state index in [2.05, 4.69) is 26.8 Å². The molecule has 2 rings (SSSR count). The van der Waals surface area contributed by atoms with Crippen molar-refractivity contribution in [2.45, 2.75) is 59.0 Å². The third-order valence-corrected chi connectivity index (χ3v) is 4.71. The van der Waals surface area contributed by atoms with E-state index >= 15 is 0 Å². The Labute approximate surface area is 156 Å². The summed E-state index contributed by atoms with van der Waals surface area (Å²) in [4.78, 5) is 26.5. The molecule has 0 saturated carbocycles. The maximum Gasteiger partial charge on any atom is 0.310 e. The van der Waals surface area contributed by atoms with Gasteiger partial charge in [0.2, 0.25) is 0 Å². The number of esters is 1. The number of likely N-dealkylation sites (tertiary alicyclic amines) is 1. The number of carbonyl (C=O) groups is 2. The van der Waals surface area contributed by atoms with Crippen molar-refractivity contribution in [1.29, 1.82) is 0 Å². The van der Waals surface area contributed by atoms with E-state index in [1.165, 1.54) is 0 Å². The molecule has 2 unspecified atom stereocenters. The van der Waals surface area contributed by atoms with Crippen molar-refractivity contribution in [3.8, 4) is 5.75 Å². The van der Waals surface area contributed by atoms with Crippen molar-refractivity contribution < 1.29 is 19.1 Å². The molecular weight excluding hydrogens is 330 g/mol. The van der Waals surface area contributed by atoms with Gasteiger partial charge in [-0.2, -0.15) is 0 Å². The highest BCUT2D eigenvalue weighted by molar-refractivity contribution is 5.82. The average Bonchev–Trinajstić information content (AvgIpc) is 2.61. The first-order valence-corrected chi connectivity index (χ1v) is 9.45. The molecule has 1 amide bonds. The summed E-state index contributed by atoms with van der Waals surface area (Å²) in [5.41, 5.74) is 1.18. The van der Waals surface area contributed by atoms with Crippen molar-refractivity contribution in [1.82, 2.24) is 4.90 Å². The fourth-order valence-corrected chi connectivity index (χ4v) is 3.18. The van der Waals surface area contributed by atoms with Gasteiger partial charge in [-0.3, -0.25) is 9.59 Å². The summed E-state index contributed by atoms with van der Waals surface area (Å²) >= 11 is 0. The molecule has 0 radical (unpaired) electrons. The van der Waals surface area contributed by atoms with Gasteiger partial charge in [-0.25, -0.2) is 0 Å². The number of hydrogen-bond donors (Lipinski definition) is 0. The maximum absolute atomic E-state index is 12.8. The summed E-state index contributed by atoms with van der Waals surface area (Å²) in [7, 11) is 0. The Balaban J connectivity index is 2.00. The van der Waals surface area contributed by atoms with Crippen LogP contribution in [0, 0.1) is 5.92 Å². The number of carbonyl (C=O) groups excluding carboxylic acids is 2. The molecule has 144 valence electrons. The van der Waals surface area contributed by atoms with E-state index in [0.29, 0.717) is 25.4 Å². The van der Waals surface area contributed by atoms with Crippen molar-refractivity contribution in [2.24, 2.45) is 5.92 Å². The van der Waals surface area contributed by atoms with Crippen LogP contribution in [0.2, 0.25) is 0 Å². The van der Waals surface area contributed by atoms with Crippen molar-refractivity contribution >= 4 is 11.9 Å². The Hall–Kier alpha value is -2.04. The van der Waals surface area contributed by atoms with Gasteiger partial charge in [-0.05, 0) is 49.8 Å². The third-order valence-electron chi connectivity index (χ3n) is 4.71. The quantitative estimate of drug-likeness (QED) is 0.753. The van der Waals surface area contributed by atoms with E-state index in [1.54, 1.807) is 18.7 Å². The fraction of sp³-hybridized carbons (Fsp3) is 0.619. The average molecular weight is 361 g/mol. The summed E-state index contributed by atoms with van der Waals surface area (Å²) in [5.74, 6) is 0.165. The Bertz CT molecular complexity index is 635. The summed E-state index contributed by atoms with van der Waals surface area (Å²) in [5, 5.41) is 0. The van der Waals surface area contributed by atoms with Crippen LogP contribution in [0.3, 0.4) is 0 Å². The van der Waals surface area contributed by atoms with Gasteiger partial charge in [0.1, 0.15) is 5.75 Å². The van der Waals surface area contributed by atoms with E-state index in [0.717, 1.165) is 18.4 Å². The lowest BCUT2D eigenvalue weighted by molar-refractivity contribution is -0.152. The number of benzene rings is 1. The second-order valence-electron chi connectivity index (χ2n) is 7.91. The predicted molar refractivity (Wildman–Crippen MR) is 101 cm³/mol. The fourth-order valence-electron chi connectivity index (χ4n) is 3.18. The Morgan fingerprint density at radius 1 is 1.31 bits per heavy atom. The molecule has 0 aromatic heterocycles. The summed E-state index contributed by atoms with van der Waals surface area (Å²) in [6.45, 7) is 11.4. The standard InChI is InChI=1S/C21H31NO4/c1-6-25-20(24)16-9-8-12-22(14-16)19(23)15(2)26-18-11-7-10-17(13-18)21(3,4)5/h7,10-11,13,15-16H,6,8-9,12,14H2,1-5H3. The van der Waals surface area contributed by atoms with Crippen molar-refractivity contribution in [3.05, 3.63) is 29.8 Å². The lowest BCUT2D eigenvalue weighted by Gasteiger charge is -2.33. The monoisotopic (exact) mass is 361 g/mol. The van der Waals surface area contributed by atoms with Gasteiger partial charge in [-0.15, -0.1) is 0 Å². The first-order valence-electron chi connectivity index (χ1n) is 9.45. The van der Waals surface area contributed by atoms with Crippen LogP contribution in [0.5, 0.6) is 5.75 Å². The number of rotatable bonds is 5. The zero-order valence-corrected chi connectivity index (χ0v) is 16.6. The van der Waals surface area contributed by atoms with Gasteiger partial charge in [0.05, 0.1) is 12.5 Å². The van der Waals surface area contributed by atoms with Crippen LogP contribution in [0.15, 0.2) is 24.3 Å². The minimum Gasteiger partial charge on any atom is -0.481 e. The summed E-state index contributed by atoms with van der Waals surface area (Å²) < 4.78 is 11.0. The van der Waals surface area contributed by atoms with Crippen LogP contribution in [0.4, 0.5) is 0 Å². The zero-order valence-electron chi connectivity index (χ0n) is 16.6. The van der Waals surface area contributed by atoms with E-state index in [9.17, 15) is 9.59 Å². The van der Waals surface area contributed by atoms with Gasteiger partial charge in [0.25, 0.3) is 5.91 Å². The number of nitrogens with zero attached hydrogens (tertiary/aromatic N) is 1. The number of piperidine rings is 1. The van der Waals surface area contributed by atoms with Crippen LogP contribution in [0.1, 0.15) is 53.0 Å². The van der Waals surface area contributed by atoms with Crippen LogP contribution in [0.25, 0.3) is 0 Å². The molecule has 1 fully saturated rings. The minimum atomic E-state index is -0.592. The lowest BCUT2D eigenvalue weighted by Crippen LogP contribution is -2.47. The van der Waals surface area contributed by atoms with Crippen LogP contribution in [-0.2, 0) is 19.7 Å². The molecule has 0 spiro atoms. The minimum absolute atomic E-state index is 0.0202. The Kier molecular flexibility index (Phi) is 6.68. The van der Waals surface area contributed by atoms with Gasteiger partial charge in [0, 0.05) is 13.1 Å². The molecule has 5 nitrogen and oxygen atoms in total. The van der Waals surface area contributed by atoms with E-state index in [4.69, 9.17) is 9.47 Å². The normalized spacial score (nSPS) is 19.0. The molecular formula is C21H31NO4. The van der Waals surface area contributed by atoms with E-state index in [1.807, 2.05) is 18.2 Å². The highest BCUT2D eigenvalue weighted by atomic mass is 16.5. The third kappa shape index (κ3) is 5.23. The predicted octanol–water partition coefficient (Wildman–Crippen LogP) is 3.55. The Morgan fingerprint density at radius 2 is 2.04 bits per heavy atom. The molecule has 1 saturated heterocycles. The van der Waals surface area contributed by atoms with Crippen molar-refractivity contribution in [3.63, 3.8) is 0 Å². The molecule has 26 heavy (non-hydrogen) atoms. The molecule has 0 aliphatic carbocycles. The SMILES string of the molecule is CCOC(=O)C1CCCN(C(=O)C(C)Oc2cccc(C(C)(C)C)c2)C1. The van der Waals surface area contributed by atoms with Crippen LogP contribution < -0.4 is 4.74 Å². The first-order chi connectivity index (χ1) is 12.2. The van der Waals surface area contributed by atoms with Gasteiger partial charge in [-0.1, -0.05) is 32.9 Å². The maximum atomic E-state index is 12.8. The molecule has 1 aliphatic rings. The highest BCUT2D eigenvalue weighted by Gasteiger charge is 2.32. The molecule has 5 heteroatoms. The largest absolute Gasteiger partial charge is 0.481 e. The second-order valence-corrected chi connectivity index (χ2v) is 7.91. The van der Waals surface area contributed by atoms with Crippen LogP contribution >= 0.6 is 0 Å². The first kappa shape index (κ1) is 20.3. The number of ether oxygens (including phenoxy) is 2. The summed E-state index contributed by atoms with van der Waals surface area (Å²) in [6, 6.07) is 7.87. The molecule has 1 heterocycles. The van der Waals surface area contributed by atoms with Gasteiger partial charge in [0.15, 0.2) is 6.10 Å². The van der Waals surface area contributed by atoms with Gasteiger partial charge < -0.3 is 14.4 Å². The highest BCUT2D eigenvalue weighted by Crippen LogP contribution is 2.26. The molecule has 0 N–H and O–H groups in total. The summed E-state index contributed by atoms with van der Waals surface area (Å²) in [6.07, 6.45) is 0.985.